The summed E-state index contributed by atoms with van der Waals surface area (Å²) in [6, 6.07) is 11.0. The molecule has 0 spiro atoms. The van der Waals surface area contributed by atoms with E-state index >= 15 is 0 Å². The van der Waals surface area contributed by atoms with Crippen LogP contribution in [-0.4, -0.2) is 30.0 Å². The van der Waals surface area contributed by atoms with E-state index in [-0.39, 0.29) is 0 Å². The van der Waals surface area contributed by atoms with Gasteiger partial charge in [-0.15, -0.1) is 0 Å². The van der Waals surface area contributed by atoms with Gasteiger partial charge >= 0.3 is 165 Å². The molecule has 1 unspecified atom stereocenters. The van der Waals surface area contributed by atoms with Gasteiger partial charge in [0.2, 0.25) is 0 Å². The van der Waals surface area contributed by atoms with Crippen molar-refractivity contribution >= 4 is 42.8 Å². The fraction of sp³-hybridized carbons (Fsp3) is 0.700. The molecule has 0 amide bonds. The van der Waals surface area contributed by atoms with Crippen molar-refractivity contribution in [2.24, 2.45) is 0 Å². The first-order valence-electron chi connectivity index (χ1n) is 9.68. The SMILES string of the molecule is CC(Sc1ccccc1)[Se]P(=S)(C1CCCCC1)C1CCCCC1. The van der Waals surface area contributed by atoms with Crippen molar-refractivity contribution < 1.29 is 0 Å². The van der Waals surface area contributed by atoms with Crippen LogP contribution in [0.2, 0.25) is 0 Å². The Kier molecular flexibility index (Phi) is 7.81. The van der Waals surface area contributed by atoms with Crippen molar-refractivity contribution in [3.63, 3.8) is 0 Å². The molecule has 0 bridgehead atoms. The zero-order valence-corrected chi connectivity index (χ0v) is 19.1. The first kappa shape index (κ1) is 19.5. The molecule has 24 heavy (non-hydrogen) atoms. The van der Waals surface area contributed by atoms with Crippen LogP contribution in [0.3, 0.4) is 0 Å². The number of rotatable bonds is 6. The minimum atomic E-state index is -1.19. The van der Waals surface area contributed by atoms with Gasteiger partial charge in [0.05, 0.1) is 0 Å². The Hall–Kier alpha value is 0.739. The van der Waals surface area contributed by atoms with Gasteiger partial charge in [-0.2, -0.15) is 0 Å². The van der Waals surface area contributed by atoms with Crippen LogP contribution in [0.1, 0.15) is 71.1 Å². The second-order valence-electron chi connectivity index (χ2n) is 7.33. The topological polar surface area (TPSA) is 0 Å². The van der Waals surface area contributed by atoms with Gasteiger partial charge in [-0.1, -0.05) is 0 Å². The fourth-order valence-corrected chi connectivity index (χ4v) is 24.3. The average Bonchev–Trinajstić information content (AvgIpc) is 2.64. The fourth-order valence-electron chi connectivity index (χ4n) is 4.30. The van der Waals surface area contributed by atoms with E-state index in [1.165, 1.54) is 69.1 Å². The Morgan fingerprint density at radius 1 is 0.917 bits per heavy atom. The molecule has 4 heteroatoms. The maximum atomic E-state index is 6.66. The van der Waals surface area contributed by atoms with E-state index < -0.39 is 4.73 Å². The van der Waals surface area contributed by atoms with Crippen LogP contribution < -0.4 is 0 Å². The molecule has 0 aromatic heterocycles. The van der Waals surface area contributed by atoms with E-state index in [0.29, 0.717) is 14.5 Å². The number of hydrogen-bond donors (Lipinski definition) is 0. The van der Waals surface area contributed by atoms with Crippen molar-refractivity contribution in [3.8, 4) is 0 Å². The van der Waals surface area contributed by atoms with Crippen molar-refractivity contribution in [2.45, 2.75) is 91.5 Å². The van der Waals surface area contributed by atoms with Gasteiger partial charge in [-0.25, -0.2) is 0 Å². The molecule has 0 radical (unpaired) electrons. The molecule has 0 nitrogen and oxygen atoms in total. The van der Waals surface area contributed by atoms with Crippen LogP contribution in [0.4, 0.5) is 0 Å². The molecule has 1 aromatic carbocycles. The predicted octanol–water partition coefficient (Wildman–Crippen LogP) is 6.89. The van der Waals surface area contributed by atoms with E-state index in [0.717, 1.165) is 15.5 Å². The molecule has 3 rings (SSSR count). The molecule has 134 valence electrons. The monoisotopic (exact) mass is 446 g/mol. The van der Waals surface area contributed by atoms with Crippen LogP contribution in [0.15, 0.2) is 35.2 Å². The van der Waals surface area contributed by atoms with E-state index in [1.807, 2.05) is 0 Å². The second kappa shape index (κ2) is 9.61. The Morgan fingerprint density at radius 2 is 1.42 bits per heavy atom. The number of thioether (sulfide) groups is 1. The zero-order valence-electron chi connectivity index (χ0n) is 14.9. The zero-order chi connectivity index (χ0) is 16.8. The summed E-state index contributed by atoms with van der Waals surface area (Å²) in [5.41, 5.74) is 1.87. The molecule has 1 atom stereocenters. The summed E-state index contributed by atoms with van der Waals surface area (Å²) in [6.07, 6.45) is 14.5. The second-order valence-corrected chi connectivity index (χ2v) is 22.4. The molecule has 2 fully saturated rings. The van der Waals surface area contributed by atoms with Gasteiger partial charge in [0.25, 0.3) is 0 Å². The molecular formula is C20H31PS2Se. The van der Waals surface area contributed by atoms with Gasteiger partial charge < -0.3 is 0 Å². The Balaban J connectivity index is 1.72. The Bertz CT molecular complexity index is 514. The molecule has 0 heterocycles. The van der Waals surface area contributed by atoms with Crippen LogP contribution >= 0.6 is 16.5 Å². The summed E-state index contributed by atoms with van der Waals surface area (Å²) < 4.78 is -0.457. The normalized spacial score (nSPS) is 22.4. The van der Waals surface area contributed by atoms with E-state index in [2.05, 4.69) is 49.0 Å². The first-order valence-corrected chi connectivity index (χ1v) is 16.7. The van der Waals surface area contributed by atoms with Crippen LogP contribution in [-0.2, 0) is 11.8 Å². The van der Waals surface area contributed by atoms with Gasteiger partial charge in [0.1, 0.15) is 0 Å². The van der Waals surface area contributed by atoms with Crippen molar-refractivity contribution in [3.05, 3.63) is 30.3 Å². The van der Waals surface area contributed by atoms with Crippen molar-refractivity contribution in [1.82, 2.24) is 0 Å². The number of hydrogen-bond acceptors (Lipinski definition) is 2. The predicted molar refractivity (Wildman–Crippen MR) is 116 cm³/mol. The summed E-state index contributed by atoms with van der Waals surface area (Å²) in [5.74, 6) is 0. The third kappa shape index (κ3) is 5.14. The van der Waals surface area contributed by atoms with Crippen molar-refractivity contribution in [1.29, 1.82) is 0 Å². The average molecular weight is 446 g/mol. The minimum absolute atomic E-state index is 0.646. The van der Waals surface area contributed by atoms with E-state index in [1.54, 1.807) is 0 Å². The molecule has 0 aliphatic heterocycles. The summed E-state index contributed by atoms with van der Waals surface area (Å²) in [4.78, 5) is 1.43. The molecule has 1 aromatic rings. The summed E-state index contributed by atoms with van der Waals surface area (Å²) in [6.45, 7) is 2.46. The molecule has 0 saturated heterocycles. The molecule has 2 aliphatic rings. The van der Waals surface area contributed by atoms with E-state index in [4.69, 9.17) is 11.8 Å². The van der Waals surface area contributed by atoms with Crippen molar-refractivity contribution in [2.75, 3.05) is 0 Å². The molecule has 2 aliphatic carbocycles. The maximum absolute atomic E-state index is 6.66. The number of benzene rings is 1. The van der Waals surface area contributed by atoms with Crippen LogP contribution in [0.25, 0.3) is 0 Å². The van der Waals surface area contributed by atoms with E-state index in [9.17, 15) is 0 Å². The van der Waals surface area contributed by atoms with Gasteiger partial charge in [0.15, 0.2) is 0 Å². The van der Waals surface area contributed by atoms with Gasteiger partial charge in [-0.3, -0.25) is 0 Å². The summed E-state index contributed by atoms with van der Waals surface area (Å²) >= 11 is 9.39. The first-order chi connectivity index (χ1) is 11.7. The molecule has 0 N–H and O–H groups in total. The third-order valence-electron chi connectivity index (χ3n) is 5.53. The summed E-state index contributed by atoms with van der Waals surface area (Å²) in [5, 5.41) is 0. The summed E-state index contributed by atoms with van der Waals surface area (Å²) in [7, 11) is 0. The quantitative estimate of drug-likeness (QED) is 0.266. The van der Waals surface area contributed by atoms with Crippen LogP contribution in [0.5, 0.6) is 0 Å². The Morgan fingerprint density at radius 3 is 1.92 bits per heavy atom. The van der Waals surface area contributed by atoms with Gasteiger partial charge in [-0.05, 0) is 0 Å². The standard InChI is InChI=1S/C20H31PS2Se/c1-17(23-20-15-9-4-10-16-20)24-21(22,18-11-5-2-6-12-18)19-13-7-3-8-14-19/h4,9-10,15-19H,2-3,5-8,11-14H2,1H3. The third-order valence-corrected chi connectivity index (χ3v) is 22.9. The van der Waals surface area contributed by atoms with Gasteiger partial charge in [0, 0.05) is 0 Å². The molecular weight excluding hydrogens is 414 g/mol. The Labute approximate surface area is 164 Å². The molecule has 2 saturated carbocycles. The van der Waals surface area contributed by atoms with Crippen LogP contribution in [0, 0.1) is 0 Å².